The van der Waals surface area contributed by atoms with Gasteiger partial charge in [-0.05, 0) is 139 Å². The molecule has 13 aromatic rings. The molecule has 0 atom stereocenters. The fourth-order valence-corrected chi connectivity index (χ4v) is 9.77. The standard InChI is InChI=1S/C54H30O/c1-2-6-38-30-50-48(27-37(38)5-1)47-29-40(20-26-49(47)55-50)42-22-19-39(41-21-15-35-13-11-31-7-3-9-33-17-24-44(41)53(35)51(31)33)28-46(42)43-23-16-36-14-12-32-8-4-10-34-18-25-45(43)54(36)52(32)34/h1-30H. The lowest BCUT2D eigenvalue weighted by atomic mass is 9.84. The van der Waals surface area contributed by atoms with Crippen molar-refractivity contribution in [2.24, 2.45) is 0 Å². The predicted octanol–water partition coefficient (Wildman–Crippen LogP) is 15.5. The van der Waals surface area contributed by atoms with Crippen LogP contribution in [0, 0.1) is 0 Å². The summed E-state index contributed by atoms with van der Waals surface area (Å²) in [6.45, 7) is 0. The van der Waals surface area contributed by atoms with Gasteiger partial charge in [-0.1, -0.05) is 152 Å². The molecule has 1 heterocycles. The molecule has 1 heteroatoms. The lowest BCUT2D eigenvalue weighted by molar-refractivity contribution is 0.669. The highest BCUT2D eigenvalue weighted by molar-refractivity contribution is 6.27. The van der Waals surface area contributed by atoms with Gasteiger partial charge in [0.15, 0.2) is 0 Å². The summed E-state index contributed by atoms with van der Waals surface area (Å²) in [4.78, 5) is 0. The number of hydrogen-bond acceptors (Lipinski definition) is 1. The Kier molecular flexibility index (Phi) is 5.69. The molecule has 0 radical (unpaired) electrons. The van der Waals surface area contributed by atoms with Crippen LogP contribution in [0.3, 0.4) is 0 Å². The molecule has 12 aromatic carbocycles. The van der Waals surface area contributed by atoms with E-state index in [4.69, 9.17) is 4.42 Å². The second kappa shape index (κ2) is 10.7. The average Bonchev–Trinajstić information content (AvgIpc) is 3.60. The highest BCUT2D eigenvalue weighted by Gasteiger charge is 2.19. The minimum Gasteiger partial charge on any atom is -0.456 e. The van der Waals surface area contributed by atoms with E-state index in [1.807, 2.05) is 0 Å². The molecule has 0 aliphatic carbocycles. The summed E-state index contributed by atoms with van der Waals surface area (Å²) in [7, 11) is 0. The van der Waals surface area contributed by atoms with E-state index in [1.54, 1.807) is 0 Å². The van der Waals surface area contributed by atoms with Crippen LogP contribution in [0.4, 0.5) is 0 Å². The predicted molar refractivity (Wildman–Crippen MR) is 235 cm³/mol. The lowest BCUT2D eigenvalue weighted by Gasteiger charge is -2.19. The van der Waals surface area contributed by atoms with Gasteiger partial charge in [-0.2, -0.15) is 0 Å². The van der Waals surface area contributed by atoms with Crippen molar-refractivity contribution in [2.45, 2.75) is 0 Å². The molecule has 0 amide bonds. The SMILES string of the molecule is c1ccc2cc3c(cc2c1)oc1ccc(-c2ccc(-c4ccc5ccc6cccc7ccc4c5c67)cc2-c2ccc4ccc5cccc6ccc2c4c56)cc13. The van der Waals surface area contributed by atoms with Crippen molar-refractivity contribution in [3.63, 3.8) is 0 Å². The van der Waals surface area contributed by atoms with Gasteiger partial charge in [-0.3, -0.25) is 0 Å². The Bertz CT molecular complexity index is 3680. The van der Waals surface area contributed by atoms with Crippen LogP contribution in [0.1, 0.15) is 0 Å². The Morgan fingerprint density at radius 3 is 1.38 bits per heavy atom. The van der Waals surface area contributed by atoms with E-state index in [2.05, 4.69) is 182 Å². The van der Waals surface area contributed by atoms with Crippen molar-refractivity contribution in [1.29, 1.82) is 0 Å². The van der Waals surface area contributed by atoms with Crippen molar-refractivity contribution < 1.29 is 4.42 Å². The van der Waals surface area contributed by atoms with E-state index >= 15 is 0 Å². The van der Waals surface area contributed by atoms with Crippen LogP contribution >= 0.6 is 0 Å². The first-order valence-corrected chi connectivity index (χ1v) is 19.1. The maximum Gasteiger partial charge on any atom is 0.136 e. The van der Waals surface area contributed by atoms with Crippen molar-refractivity contribution in [1.82, 2.24) is 0 Å². The minimum atomic E-state index is 0.906. The van der Waals surface area contributed by atoms with Crippen LogP contribution in [-0.2, 0) is 0 Å². The summed E-state index contributed by atoms with van der Waals surface area (Å²) in [5.74, 6) is 0. The van der Waals surface area contributed by atoms with Gasteiger partial charge in [0.05, 0.1) is 0 Å². The van der Waals surface area contributed by atoms with Gasteiger partial charge in [0.1, 0.15) is 11.2 Å². The number of fused-ring (bicyclic) bond motifs is 4. The zero-order valence-corrected chi connectivity index (χ0v) is 29.7. The molecule has 0 fully saturated rings. The molecule has 0 unspecified atom stereocenters. The largest absolute Gasteiger partial charge is 0.456 e. The van der Waals surface area contributed by atoms with Crippen LogP contribution in [0.2, 0.25) is 0 Å². The summed E-state index contributed by atoms with van der Waals surface area (Å²) >= 11 is 0. The average molecular weight is 695 g/mol. The fraction of sp³-hybridized carbons (Fsp3) is 0. The third kappa shape index (κ3) is 4.07. The van der Waals surface area contributed by atoms with Crippen LogP contribution < -0.4 is 0 Å². The Hall–Kier alpha value is -7.22. The van der Waals surface area contributed by atoms with Gasteiger partial charge in [-0.25, -0.2) is 0 Å². The van der Waals surface area contributed by atoms with Gasteiger partial charge < -0.3 is 4.42 Å². The topological polar surface area (TPSA) is 13.1 Å². The van der Waals surface area contributed by atoms with Crippen molar-refractivity contribution in [3.05, 3.63) is 182 Å². The molecule has 1 aromatic heterocycles. The zero-order chi connectivity index (χ0) is 35.8. The second-order valence-corrected chi connectivity index (χ2v) is 15.2. The molecule has 0 bridgehead atoms. The molecule has 55 heavy (non-hydrogen) atoms. The third-order valence-electron chi connectivity index (χ3n) is 12.3. The number of benzene rings is 12. The first-order chi connectivity index (χ1) is 27.2. The van der Waals surface area contributed by atoms with E-state index in [0.717, 1.165) is 21.9 Å². The van der Waals surface area contributed by atoms with Crippen LogP contribution in [-0.4, -0.2) is 0 Å². The summed E-state index contributed by atoms with van der Waals surface area (Å²) in [5.41, 5.74) is 9.12. The molecule has 0 saturated carbocycles. The van der Waals surface area contributed by atoms with Gasteiger partial charge in [0.2, 0.25) is 0 Å². The van der Waals surface area contributed by atoms with Gasteiger partial charge in [0, 0.05) is 10.8 Å². The third-order valence-corrected chi connectivity index (χ3v) is 12.3. The quantitative estimate of drug-likeness (QED) is 0.168. The van der Waals surface area contributed by atoms with Crippen LogP contribution in [0.5, 0.6) is 0 Å². The summed E-state index contributed by atoms with van der Waals surface area (Å²) < 4.78 is 6.46. The van der Waals surface area contributed by atoms with E-state index in [9.17, 15) is 0 Å². The van der Waals surface area contributed by atoms with E-state index < -0.39 is 0 Å². The molecule has 0 aliphatic rings. The lowest BCUT2D eigenvalue weighted by Crippen LogP contribution is -1.92. The van der Waals surface area contributed by atoms with Crippen molar-refractivity contribution in [3.8, 4) is 33.4 Å². The Labute approximate surface area is 315 Å². The molecular formula is C54H30O. The summed E-state index contributed by atoms with van der Waals surface area (Å²) in [6, 6.07) is 67.7. The van der Waals surface area contributed by atoms with Gasteiger partial charge >= 0.3 is 0 Å². The highest BCUT2D eigenvalue weighted by atomic mass is 16.3. The molecule has 252 valence electrons. The van der Waals surface area contributed by atoms with Gasteiger partial charge in [-0.15, -0.1) is 0 Å². The normalized spacial score (nSPS) is 12.4. The highest BCUT2D eigenvalue weighted by Crippen LogP contribution is 2.46. The van der Waals surface area contributed by atoms with Gasteiger partial charge in [0.25, 0.3) is 0 Å². The number of rotatable bonds is 3. The number of hydrogen-bond donors (Lipinski definition) is 0. The summed E-state index contributed by atoms with van der Waals surface area (Å²) in [5, 5.41) is 20.3. The van der Waals surface area contributed by atoms with E-state index in [-0.39, 0.29) is 0 Å². The zero-order valence-electron chi connectivity index (χ0n) is 29.7. The molecule has 0 N–H and O–H groups in total. The molecule has 0 aliphatic heterocycles. The monoisotopic (exact) mass is 694 g/mol. The Morgan fingerprint density at radius 2 is 0.709 bits per heavy atom. The molecule has 0 spiro atoms. The summed E-state index contributed by atoms with van der Waals surface area (Å²) in [6.07, 6.45) is 0. The molecule has 13 rings (SSSR count). The number of furan rings is 1. The van der Waals surface area contributed by atoms with E-state index in [0.29, 0.717) is 0 Å². The van der Waals surface area contributed by atoms with Crippen LogP contribution in [0.15, 0.2) is 186 Å². The minimum absolute atomic E-state index is 0.906. The van der Waals surface area contributed by atoms with Crippen molar-refractivity contribution in [2.75, 3.05) is 0 Å². The van der Waals surface area contributed by atoms with Crippen molar-refractivity contribution >= 4 is 97.3 Å². The fourth-order valence-electron chi connectivity index (χ4n) is 9.77. The molecular weight excluding hydrogens is 665 g/mol. The first kappa shape index (κ1) is 29.3. The smallest absolute Gasteiger partial charge is 0.136 e. The maximum absolute atomic E-state index is 6.46. The Balaban J connectivity index is 1.10. The van der Waals surface area contributed by atoms with E-state index in [1.165, 1.54) is 109 Å². The first-order valence-electron chi connectivity index (χ1n) is 19.1. The molecule has 1 nitrogen and oxygen atoms in total. The van der Waals surface area contributed by atoms with Crippen LogP contribution in [0.25, 0.3) is 131 Å². The molecule has 0 saturated heterocycles. The Morgan fingerprint density at radius 1 is 0.236 bits per heavy atom. The second-order valence-electron chi connectivity index (χ2n) is 15.2. The maximum atomic E-state index is 6.46.